The fraction of sp³-hybridized carbons (Fsp3) is 0.579. The van der Waals surface area contributed by atoms with Gasteiger partial charge in [0.05, 0.1) is 12.5 Å². The van der Waals surface area contributed by atoms with Crippen molar-refractivity contribution in [1.82, 2.24) is 10.6 Å². The Balaban J connectivity index is 1.45. The van der Waals surface area contributed by atoms with Gasteiger partial charge in [0.15, 0.2) is 0 Å². The number of aryl methyl sites for hydroxylation is 1. The van der Waals surface area contributed by atoms with Crippen molar-refractivity contribution >= 4 is 17.5 Å². The lowest BCUT2D eigenvalue weighted by atomic mass is 9.87. The molecule has 3 aliphatic rings. The second kappa shape index (κ2) is 6.55. The highest BCUT2D eigenvalue weighted by Crippen LogP contribution is 2.28. The van der Waals surface area contributed by atoms with Crippen molar-refractivity contribution in [3.8, 4) is 0 Å². The fourth-order valence-corrected chi connectivity index (χ4v) is 4.35. The van der Waals surface area contributed by atoms with Crippen molar-refractivity contribution in [2.24, 2.45) is 0 Å². The Labute approximate surface area is 142 Å². The molecule has 0 aromatic heterocycles. The molecule has 0 bridgehead atoms. The molecular formula is C19H25N3O2. The van der Waals surface area contributed by atoms with Gasteiger partial charge in [-0.2, -0.15) is 0 Å². The predicted molar refractivity (Wildman–Crippen MR) is 92.8 cm³/mol. The van der Waals surface area contributed by atoms with E-state index in [1.54, 1.807) is 0 Å². The van der Waals surface area contributed by atoms with Crippen molar-refractivity contribution in [3.63, 3.8) is 0 Å². The number of para-hydroxylation sites is 1. The Morgan fingerprint density at radius 3 is 2.79 bits per heavy atom. The third kappa shape index (κ3) is 2.93. The first-order valence-corrected chi connectivity index (χ1v) is 9.17. The van der Waals surface area contributed by atoms with Gasteiger partial charge >= 0.3 is 0 Å². The highest BCUT2D eigenvalue weighted by atomic mass is 16.2. The Morgan fingerprint density at radius 2 is 1.92 bits per heavy atom. The summed E-state index contributed by atoms with van der Waals surface area (Å²) in [5, 5.41) is 6.56. The van der Waals surface area contributed by atoms with E-state index in [1.807, 2.05) is 23.1 Å². The number of rotatable bonds is 2. The molecule has 1 aromatic carbocycles. The van der Waals surface area contributed by atoms with E-state index in [2.05, 4.69) is 16.7 Å². The smallest absolute Gasteiger partial charge is 0.237 e. The molecule has 128 valence electrons. The maximum atomic E-state index is 12.8. The van der Waals surface area contributed by atoms with Crippen LogP contribution in [0.2, 0.25) is 0 Å². The van der Waals surface area contributed by atoms with Gasteiger partial charge in [-0.15, -0.1) is 0 Å². The highest BCUT2D eigenvalue weighted by Gasteiger charge is 2.38. The number of amides is 2. The summed E-state index contributed by atoms with van der Waals surface area (Å²) < 4.78 is 0. The number of fused-ring (bicyclic) bond motifs is 2. The second-order valence-electron chi connectivity index (χ2n) is 7.21. The molecule has 0 radical (unpaired) electrons. The molecule has 24 heavy (non-hydrogen) atoms. The molecule has 5 nitrogen and oxygen atoms in total. The second-order valence-corrected chi connectivity index (χ2v) is 7.21. The first-order valence-electron chi connectivity index (χ1n) is 9.17. The summed E-state index contributed by atoms with van der Waals surface area (Å²) in [7, 11) is 0. The van der Waals surface area contributed by atoms with E-state index >= 15 is 0 Å². The average molecular weight is 327 g/mol. The van der Waals surface area contributed by atoms with Crippen molar-refractivity contribution in [3.05, 3.63) is 29.8 Å². The number of nitrogens with one attached hydrogen (secondary N) is 2. The summed E-state index contributed by atoms with van der Waals surface area (Å²) in [5.74, 6) is 0.0286. The van der Waals surface area contributed by atoms with E-state index in [0.717, 1.165) is 37.9 Å². The average Bonchev–Trinajstić information content (AvgIpc) is 2.62. The van der Waals surface area contributed by atoms with Crippen LogP contribution in [-0.4, -0.2) is 36.5 Å². The molecule has 0 spiro atoms. The summed E-state index contributed by atoms with van der Waals surface area (Å²) in [4.78, 5) is 27.1. The van der Waals surface area contributed by atoms with E-state index in [1.165, 1.54) is 18.4 Å². The zero-order chi connectivity index (χ0) is 16.5. The fourth-order valence-electron chi connectivity index (χ4n) is 4.35. The number of carbonyl (C=O) groups is 2. The molecule has 3 atom stereocenters. The third-order valence-corrected chi connectivity index (χ3v) is 5.62. The van der Waals surface area contributed by atoms with Gasteiger partial charge in [-0.1, -0.05) is 31.0 Å². The van der Waals surface area contributed by atoms with Gasteiger partial charge in [0.2, 0.25) is 11.8 Å². The summed E-state index contributed by atoms with van der Waals surface area (Å²) in [6.07, 6.45) is 6.75. The van der Waals surface area contributed by atoms with Gasteiger partial charge in [0.25, 0.3) is 0 Å². The van der Waals surface area contributed by atoms with Crippen LogP contribution in [0.25, 0.3) is 0 Å². The lowest BCUT2D eigenvalue weighted by Crippen LogP contribution is -2.65. The normalized spacial score (nSPS) is 29.4. The minimum Gasteiger partial charge on any atom is -0.350 e. The van der Waals surface area contributed by atoms with E-state index in [4.69, 9.17) is 0 Å². The topological polar surface area (TPSA) is 61.4 Å². The Kier molecular flexibility index (Phi) is 4.27. The Morgan fingerprint density at radius 1 is 1.12 bits per heavy atom. The first kappa shape index (κ1) is 15.6. The molecule has 3 unspecified atom stereocenters. The van der Waals surface area contributed by atoms with E-state index < -0.39 is 6.04 Å². The molecule has 2 fully saturated rings. The number of nitrogens with zero attached hydrogens (tertiary/aromatic N) is 1. The largest absolute Gasteiger partial charge is 0.350 e. The zero-order valence-electron chi connectivity index (χ0n) is 14.0. The van der Waals surface area contributed by atoms with Crippen molar-refractivity contribution in [2.45, 2.75) is 63.1 Å². The summed E-state index contributed by atoms with van der Waals surface area (Å²) in [6.45, 7) is 0.746. The Bertz CT molecular complexity index is 645. The number of piperazine rings is 1. The molecular weight excluding hydrogens is 302 g/mol. The van der Waals surface area contributed by atoms with Gasteiger partial charge in [-0.05, 0) is 37.3 Å². The van der Waals surface area contributed by atoms with Crippen LogP contribution in [0, 0.1) is 0 Å². The number of anilines is 1. The van der Waals surface area contributed by atoms with Gasteiger partial charge in [0.1, 0.15) is 0 Å². The molecule has 1 saturated carbocycles. The molecule has 2 amide bonds. The highest BCUT2D eigenvalue weighted by molar-refractivity contribution is 5.98. The first-order chi connectivity index (χ1) is 11.7. The molecule has 1 saturated heterocycles. The standard InChI is InChI=1S/C19H25N3O2/c23-18(22-11-5-7-13-6-1-4-10-17(13)22)12-16-19(24)21-15-9-3-2-8-14(15)20-16/h1,4,6,10,14-16,20H,2-3,5,7-9,11-12H2,(H,21,24). The maximum Gasteiger partial charge on any atom is 0.237 e. The number of hydrogen-bond donors (Lipinski definition) is 2. The van der Waals surface area contributed by atoms with Gasteiger partial charge in [0, 0.05) is 24.3 Å². The van der Waals surface area contributed by atoms with Crippen LogP contribution in [-0.2, 0) is 16.0 Å². The number of hydrogen-bond acceptors (Lipinski definition) is 3. The number of carbonyl (C=O) groups excluding carboxylic acids is 2. The van der Waals surface area contributed by atoms with Gasteiger partial charge in [-0.3, -0.25) is 9.59 Å². The lowest BCUT2D eigenvalue weighted by molar-refractivity contribution is -0.130. The minimum atomic E-state index is -0.397. The van der Waals surface area contributed by atoms with Crippen molar-refractivity contribution in [2.75, 3.05) is 11.4 Å². The van der Waals surface area contributed by atoms with Crippen LogP contribution < -0.4 is 15.5 Å². The van der Waals surface area contributed by atoms with E-state index in [9.17, 15) is 9.59 Å². The van der Waals surface area contributed by atoms with Gasteiger partial charge in [-0.25, -0.2) is 0 Å². The summed E-state index contributed by atoms with van der Waals surface area (Å²) in [5.41, 5.74) is 2.24. The Hall–Kier alpha value is -1.88. The van der Waals surface area contributed by atoms with E-state index in [0.29, 0.717) is 6.04 Å². The number of benzene rings is 1. The van der Waals surface area contributed by atoms with Gasteiger partial charge < -0.3 is 15.5 Å². The summed E-state index contributed by atoms with van der Waals surface area (Å²) in [6, 6.07) is 8.27. The zero-order valence-corrected chi connectivity index (χ0v) is 14.0. The lowest BCUT2D eigenvalue weighted by Gasteiger charge is -2.41. The quantitative estimate of drug-likeness (QED) is 0.870. The monoisotopic (exact) mass is 327 g/mol. The maximum absolute atomic E-state index is 12.8. The molecule has 1 aliphatic carbocycles. The van der Waals surface area contributed by atoms with Crippen LogP contribution in [0.5, 0.6) is 0 Å². The SMILES string of the molecule is O=C1NC2CCCCC2NC1CC(=O)N1CCCc2ccccc21. The van der Waals surface area contributed by atoms with Crippen LogP contribution in [0.4, 0.5) is 5.69 Å². The molecule has 2 N–H and O–H groups in total. The van der Waals surface area contributed by atoms with Crippen LogP contribution >= 0.6 is 0 Å². The van der Waals surface area contributed by atoms with Crippen molar-refractivity contribution in [1.29, 1.82) is 0 Å². The predicted octanol–water partition coefficient (Wildman–Crippen LogP) is 1.76. The molecule has 4 rings (SSSR count). The third-order valence-electron chi connectivity index (χ3n) is 5.62. The summed E-state index contributed by atoms with van der Waals surface area (Å²) >= 11 is 0. The molecule has 2 heterocycles. The van der Waals surface area contributed by atoms with Crippen LogP contribution in [0.1, 0.15) is 44.1 Å². The van der Waals surface area contributed by atoms with Crippen molar-refractivity contribution < 1.29 is 9.59 Å². The molecule has 2 aliphatic heterocycles. The van der Waals surface area contributed by atoms with Crippen LogP contribution in [0.15, 0.2) is 24.3 Å². The van der Waals surface area contributed by atoms with E-state index in [-0.39, 0.29) is 24.3 Å². The molecule has 5 heteroatoms. The van der Waals surface area contributed by atoms with Crippen LogP contribution in [0.3, 0.4) is 0 Å². The molecule has 1 aromatic rings. The minimum absolute atomic E-state index is 0.0169.